The van der Waals surface area contributed by atoms with Crippen molar-refractivity contribution in [2.75, 3.05) is 7.11 Å². The second-order valence-corrected chi connectivity index (χ2v) is 4.14. The Bertz CT molecular complexity index is 354. The highest BCUT2D eigenvalue weighted by atomic mass is 16.5. The fourth-order valence-corrected chi connectivity index (χ4v) is 1.37. The zero-order chi connectivity index (χ0) is 11.6. The Hall–Kier alpha value is -1.29. The summed E-state index contributed by atoms with van der Waals surface area (Å²) in [4.78, 5) is 11.5. The van der Waals surface area contributed by atoms with Gasteiger partial charge in [-0.25, -0.2) is 0 Å². The Morgan fingerprint density at radius 2 is 2.13 bits per heavy atom. The maximum Gasteiger partial charge on any atom is 0.313 e. The minimum atomic E-state index is -0.793. The van der Waals surface area contributed by atoms with E-state index in [-0.39, 0.29) is 5.97 Å². The van der Waals surface area contributed by atoms with E-state index >= 15 is 0 Å². The van der Waals surface area contributed by atoms with Gasteiger partial charge in [-0.3, -0.25) is 4.79 Å². The number of methoxy groups -OCH3 is 1. The van der Waals surface area contributed by atoms with Crippen LogP contribution in [-0.4, -0.2) is 13.1 Å². The molecule has 84 valence electrons. The van der Waals surface area contributed by atoms with E-state index in [9.17, 15) is 4.79 Å². The molecule has 1 atom stereocenters. The van der Waals surface area contributed by atoms with Crippen molar-refractivity contribution in [1.29, 1.82) is 0 Å². The lowest BCUT2D eigenvalue weighted by Gasteiger charge is -2.26. The molecule has 15 heavy (non-hydrogen) atoms. The normalized spacial score (nSPS) is 13.7. The van der Waals surface area contributed by atoms with Crippen LogP contribution in [0.25, 0.3) is 0 Å². The van der Waals surface area contributed by atoms with E-state index in [1.165, 1.54) is 7.11 Å². The van der Waals surface area contributed by atoms with Crippen LogP contribution in [0.15, 0.2) is 16.5 Å². The van der Waals surface area contributed by atoms with Crippen LogP contribution in [-0.2, 0) is 9.53 Å². The highest BCUT2D eigenvalue weighted by molar-refractivity contribution is 5.76. The smallest absolute Gasteiger partial charge is 0.313 e. The third kappa shape index (κ3) is 2.21. The van der Waals surface area contributed by atoms with Crippen LogP contribution >= 0.6 is 0 Å². The Balaban J connectivity index is 2.93. The van der Waals surface area contributed by atoms with Gasteiger partial charge in [0.1, 0.15) is 11.5 Å². The molecule has 0 bridgehead atoms. The van der Waals surface area contributed by atoms with Crippen molar-refractivity contribution in [3.8, 4) is 0 Å². The fraction of sp³-hybridized carbons (Fsp3) is 0.545. The number of ether oxygens (including phenoxy) is 1. The van der Waals surface area contributed by atoms with E-state index in [4.69, 9.17) is 14.9 Å². The van der Waals surface area contributed by atoms with Crippen LogP contribution in [0.1, 0.15) is 31.4 Å². The molecule has 0 saturated heterocycles. The van der Waals surface area contributed by atoms with Gasteiger partial charge in [0, 0.05) is 0 Å². The second-order valence-electron chi connectivity index (χ2n) is 4.14. The summed E-state index contributed by atoms with van der Waals surface area (Å²) in [6, 6.07) is 3.10. The lowest BCUT2D eigenvalue weighted by molar-refractivity contribution is -0.152. The number of nitrogens with two attached hydrogens (primary N) is 1. The summed E-state index contributed by atoms with van der Waals surface area (Å²) in [6.07, 6.45) is 0. The van der Waals surface area contributed by atoms with Crippen LogP contribution in [0.3, 0.4) is 0 Å². The molecule has 0 fully saturated rings. The molecule has 0 aliphatic rings. The van der Waals surface area contributed by atoms with Gasteiger partial charge in [0.05, 0.1) is 18.6 Å². The van der Waals surface area contributed by atoms with Gasteiger partial charge < -0.3 is 14.9 Å². The van der Waals surface area contributed by atoms with Gasteiger partial charge in [0.2, 0.25) is 0 Å². The average Bonchev–Trinajstić information content (AvgIpc) is 2.62. The molecule has 0 radical (unpaired) electrons. The van der Waals surface area contributed by atoms with Crippen LogP contribution in [0.2, 0.25) is 0 Å². The van der Waals surface area contributed by atoms with Crippen molar-refractivity contribution >= 4 is 5.97 Å². The van der Waals surface area contributed by atoms with Gasteiger partial charge >= 0.3 is 5.97 Å². The lowest BCUT2D eigenvalue weighted by atomic mass is 9.83. The number of hydrogen-bond acceptors (Lipinski definition) is 4. The summed E-state index contributed by atoms with van der Waals surface area (Å²) in [5.74, 6) is 1.04. The largest absolute Gasteiger partial charge is 0.469 e. The zero-order valence-electron chi connectivity index (χ0n) is 9.53. The highest BCUT2D eigenvalue weighted by Crippen LogP contribution is 2.33. The monoisotopic (exact) mass is 211 g/mol. The predicted molar refractivity (Wildman–Crippen MR) is 56.2 cm³/mol. The predicted octanol–water partition coefficient (Wildman–Crippen LogP) is 1.79. The van der Waals surface area contributed by atoms with Crippen LogP contribution in [0.5, 0.6) is 0 Å². The lowest BCUT2D eigenvalue weighted by Crippen LogP contribution is -2.37. The number of esters is 1. The van der Waals surface area contributed by atoms with Gasteiger partial charge in [-0.05, 0) is 32.9 Å². The summed E-state index contributed by atoms with van der Waals surface area (Å²) in [6.45, 7) is 5.31. The Labute approximate surface area is 89.4 Å². The van der Waals surface area contributed by atoms with E-state index in [2.05, 4.69) is 0 Å². The molecular weight excluding hydrogens is 194 g/mol. The zero-order valence-corrected chi connectivity index (χ0v) is 9.53. The minimum Gasteiger partial charge on any atom is -0.469 e. The first-order chi connectivity index (χ1) is 6.89. The maximum absolute atomic E-state index is 11.5. The Kier molecular flexibility index (Phi) is 3.19. The number of hydrogen-bond donors (Lipinski definition) is 1. The van der Waals surface area contributed by atoms with E-state index in [1.807, 2.05) is 13.0 Å². The molecule has 1 aromatic rings. The van der Waals surface area contributed by atoms with Crippen molar-refractivity contribution in [3.63, 3.8) is 0 Å². The van der Waals surface area contributed by atoms with Crippen LogP contribution in [0, 0.1) is 12.3 Å². The van der Waals surface area contributed by atoms with Crippen molar-refractivity contribution in [3.05, 3.63) is 23.7 Å². The molecule has 0 unspecified atom stereocenters. The third-order valence-electron chi connectivity index (χ3n) is 2.56. The third-order valence-corrected chi connectivity index (χ3v) is 2.56. The van der Waals surface area contributed by atoms with E-state index in [0.717, 1.165) is 5.76 Å². The topological polar surface area (TPSA) is 65.5 Å². The van der Waals surface area contributed by atoms with Crippen LogP contribution in [0.4, 0.5) is 0 Å². The first-order valence-electron chi connectivity index (χ1n) is 4.80. The number of rotatable bonds is 3. The fourth-order valence-electron chi connectivity index (χ4n) is 1.37. The number of carbonyl (C=O) groups excluding carboxylic acids is 1. The summed E-state index contributed by atoms with van der Waals surface area (Å²) in [5, 5.41) is 0. The highest BCUT2D eigenvalue weighted by Gasteiger charge is 2.38. The average molecular weight is 211 g/mol. The van der Waals surface area contributed by atoms with Gasteiger partial charge in [-0.1, -0.05) is 0 Å². The molecule has 0 amide bonds. The Morgan fingerprint density at radius 1 is 1.53 bits per heavy atom. The molecule has 1 rings (SSSR count). The molecule has 4 nitrogen and oxygen atoms in total. The summed E-state index contributed by atoms with van der Waals surface area (Å²) in [7, 11) is 1.35. The van der Waals surface area contributed by atoms with Crippen molar-refractivity contribution in [1.82, 2.24) is 0 Å². The van der Waals surface area contributed by atoms with Gasteiger partial charge in [-0.2, -0.15) is 0 Å². The van der Waals surface area contributed by atoms with E-state index < -0.39 is 11.5 Å². The van der Waals surface area contributed by atoms with Gasteiger partial charge in [-0.15, -0.1) is 0 Å². The van der Waals surface area contributed by atoms with E-state index in [1.54, 1.807) is 19.9 Å². The molecule has 0 aromatic carbocycles. The van der Waals surface area contributed by atoms with Gasteiger partial charge in [0.15, 0.2) is 0 Å². The number of furan rings is 1. The molecule has 0 spiro atoms. The van der Waals surface area contributed by atoms with E-state index in [0.29, 0.717) is 5.76 Å². The SMILES string of the molecule is COC(=O)C(C)(C)[C@H](N)c1ccc(C)o1. The molecule has 0 aliphatic heterocycles. The first-order valence-corrected chi connectivity index (χ1v) is 4.80. The summed E-state index contributed by atoms with van der Waals surface area (Å²) in [5.41, 5.74) is 5.18. The molecule has 0 aliphatic carbocycles. The molecule has 0 saturated carbocycles. The van der Waals surface area contributed by atoms with Gasteiger partial charge in [0.25, 0.3) is 0 Å². The molecule has 1 aromatic heterocycles. The molecule has 2 N–H and O–H groups in total. The van der Waals surface area contributed by atoms with Crippen molar-refractivity contribution in [2.45, 2.75) is 26.8 Å². The molecular formula is C11H17NO3. The summed E-state index contributed by atoms with van der Waals surface area (Å²) < 4.78 is 10.1. The molecule has 4 heteroatoms. The second kappa shape index (κ2) is 4.06. The minimum absolute atomic E-state index is 0.343. The number of carbonyl (C=O) groups is 1. The Morgan fingerprint density at radius 3 is 2.53 bits per heavy atom. The first kappa shape index (κ1) is 11.8. The van der Waals surface area contributed by atoms with Crippen molar-refractivity contribution < 1.29 is 13.9 Å². The summed E-state index contributed by atoms with van der Waals surface area (Å²) >= 11 is 0. The van der Waals surface area contributed by atoms with Crippen molar-refractivity contribution in [2.24, 2.45) is 11.1 Å². The number of aryl methyl sites for hydroxylation is 1. The standard InChI is InChI=1S/C11H17NO3/c1-7-5-6-8(15-7)9(12)11(2,3)10(13)14-4/h5-6,9H,12H2,1-4H3/t9-/m1/s1. The molecule has 1 heterocycles. The maximum atomic E-state index is 11.5. The van der Waals surface area contributed by atoms with Crippen LogP contribution < -0.4 is 5.73 Å². The quantitative estimate of drug-likeness (QED) is 0.774.